The molecule has 0 bridgehead atoms. The molecule has 7 heteroatoms. The van der Waals surface area contributed by atoms with Crippen LogP contribution in [0.15, 0.2) is 103 Å². The number of nitrogens with zero attached hydrogens (tertiary/aromatic N) is 2. The first-order valence-corrected chi connectivity index (χ1v) is 15.6. The third-order valence-corrected chi connectivity index (χ3v) is 9.29. The Morgan fingerprint density at radius 3 is 1.17 bits per heavy atom. The van der Waals surface area contributed by atoms with E-state index in [0.29, 0.717) is 5.69 Å². The van der Waals surface area contributed by atoms with Crippen LogP contribution < -0.4 is 0 Å². The summed E-state index contributed by atoms with van der Waals surface area (Å²) in [5.41, 5.74) is 4.96. The lowest BCUT2D eigenvalue weighted by molar-refractivity contribution is -0.137. The number of aryl methyl sites for hydroxylation is 4. The first kappa shape index (κ1) is 29.9. The third-order valence-electron chi connectivity index (χ3n) is 9.29. The molecular weight excluding hydrogens is 615 g/mol. The Morgan fingerprint density at radius 2 is 0.812 bits per heavy atom. The van der Waals surface area contributed by atoms with Gasteiger partial charge in [-0.2, -0.15) is 13.2 Å². The predicted octanol–water partition coefficient (Wildman–Crippen LogP) is 12.1. The summed E-state index contributed by atoms with van der Waals surface area (Å²) >= 11 is 0. The van der Waals surface area contributed by atoms with Crippen molar-refractivity contribution < 1.29 is 22.0 Å². The summed E-state index contributed by atoms with van der Waals surface area (Å²) in [4.78, 5) is 0. The van der Waals surface area contributed by atoms with E-state index in [-0.39, 0.29) is 5.69 Å². The highest BCUT2D eigenvalue weighted by atomic mass is 19.4. The van der Waals surface area contributed by atoms with Gasteiger partial charge in [0.25, 0.3) is 0 Å². The van der Waals surface area contributed by atoms with Gasteiger partial charge >= 0.3 is 6.18 Å². The van der Waals surface area contributed by atoms with Crippen molar-refractivity contribution in [3.05, 3.63) is 143 Å². The van der Waals surface area contributed by atoms with Crippen LogP contribution in [0.2, 0.25) is 0 Å². The van der Waals surface area contributed by atoms with Gasteiger partial charge in [-0.25, -0.2) is 8.78 Å². The standard InChI is InChI=1S/C41H29F5N2/c1-22-8-12-26-27-13-9-23(2)17-35(27)47(34(26)16-22)38-20-30(40-32(42)6-5-7-33(40)43)31(41(44,45)46)21-39(38)48-36-18-24(3)10-14-28(36)29-15-11-25(4)19-37(29)48/h5-21H,1-4H3. The Balaban J connectivity index is 1.65. The Labute approximate surface area is 273 Å². The molecule has 48 heavy (non-hydrogen) atoms. The van der Waals surface area contributed by atoms with E-state index in [1.165, 1.54) is 6.07 Å². The molecule has 2 heterocycles. The zero-order valence-corrected chi connectivity index (χ0v) is 26.6. The van der Waals surface area contributed by atoms with Crippen molar-refractivity contribution in [2.45, 2.75) is 33.9 Å². The molecule has 0 spiro atoms. The second-order valence-corrected chi connectivity index (χ2v) is 12.7. The molecule has 0 unspecified atom stereocenters. The molecule has 0 aliphatic carbocycles. The second-order valence-electron chi connectivity index (χ2n) is 12.7. The summed E-state index contributed by atoms with van der Waals surface area (Å²) in [6.45, 7) is 7.80. The SMILES string of the molecule is Cc1ccc2c3ccc(C)cc3n(-c3cc(-c4c(F)cccc4F)c(C(F)(F)F)cc3-n3c4cc(C)ccc4c4ccc(C)cc43)c2c1. The topological polar surface area (TPSA) is 9.86 Å². The molecule has 8 aromatic rings. The normalized spacial score (nSPS) is 12.3. The molecule has 238 valence electrons. The summed E-state index contributed by atoms with van der Waals surface area (Å²) in [6, 6.07) is 29.4. The average molecular weight is 645 g/mol. The van der Waals surface area contributed by atoms with Gasteiger partial charge < -0.3 is 9.13 Å². The van der Waals surface area contributed by atoms with Crippen molar-refractivity contribution in [3.63, 3.8) is 0 Å². The maximum Gasteiger partial charge on any atom is 0.417 e. The third kappa shape index (κ3) is 4.52. The minimum absolute atomic E-state index is 0.237. The summed E-state index contributed by atoms with van der Waals surface area (Å²) in [6.07, 6.45) is -4.93. The van der Waals surface area contributed by atoms with E-state index in [9.17, 15) is 0 Å². The number of benzene rings is 6. The van der Waals surface area contributed by atoms with Gasteiger partial charge in [-0.3, -0.25) is 0 Å². The largest absolute Gasteiger partial charge is 0.417 e. The fourth-order valence-electron chi connectivity index (χ4n) is 7.13. The number of rotatable bonds is 3. The summed E-state index contributed by atoms with van der Waals surface area (Å²) in [7, 11) is 0. The van der Waals surface area contributed by atoms with Gasteiger partial charge in [0.15, 0.2) is 0 Å². The van der Waals surface area contributed by atoms with Crippen molar-refractivity contribution in [1.82, 2.24) is 9.13 Å². The number of hydrogen-bond acceptors (Lipinski definition) is 0. The predicted molar refractivity (Wildman–Crippen MR) is 184 cm³/mol. The quantitative estimate of drug-likeness (QED) is 0.169. The number of hydrogen-bond donors (Lipinski definition) is 0. The van der Waals surface area contributed by atoms with E-state index in [1.807, 2.05) is 110 Å². The Bertz CT molecular complexity index is 2480. The van der Waals surface area contributed by atoms with Crippen molar-refractivity contribution in [2.75, 3.05) is 0 Å². The molecular formula is C41H29F5N2. The molecule has 0 aliphatic rings. The minimum atomic E-state index is -4.93. The highest BCUT2D eigenvalue weighted by Gasteiger charge is 2.37. The van der Waals surface area contributed by atoms with Crippen LogP contribution in [0.25, 0.3) is 66.1 Å². The molecule has 8 rings (SSSR count). The zero-order chi connectivity index (χ0) is 33.6. The van der Waals surface area contributed by atoms with Crippen LogP contribution in [-0.2, 0) is 6.18 Å². The van der Waals surface area contributed by atoms with Crippen LogP contribution in [0.1, 0.15) is 27.8 Å². The van der Waals surface area contributed by atoms with E-state index < -0.39 is 34.5 Å². The van der Waals surface area contributed by atoms with E-state index in [4.69, 9.17) is 0 Å². The number of halogens is 5. The van der Waals surface area contributed by atoms with E-state index in [0.717, 1.165) is 90.1 Å². The summed E-state index contributed by atoms with van der Waals surface area (Å²) < 4.78 is 80.3. The summed E-state index contributed by atoms with van der Waals surface area (Å²) in [5.74, 6) is -2.15. The molecule has 0 saturated heterocycles. The molecule has 0 saturated carbocycles. The van der Waals surface area contributed by atoms with Crippen LogP contribution in [-0.4, -0.2) is 9.13 Å². The lowest BCUT2D eigenvalue weighted by atomic mass is 9.96. The number of alkyl halides is 3. The van der Waals surface area contributed by atoms with Crippen LogP contribution in [0.5, 0.6) is 0 Å². The lowest BCUT2D eigenvalue weighted by Gasteiger charge is -2.22. The smallest absolute Gasteiger partial charge is 0.307 e. The highest BCUT2D eigenvalue weighted by Crippen LogP contribution is 2.46. The second kappa shape index (κ2) is 10.5. The Kier molecular flexibility index (Phi) is 6.57. The zero-order valence-electron chi connectivity index (χ0n) is 26.6. The molecule has 2 nitrogen and oxygen atoms in total. The number of fused-ring (bicyclic) bond motifs is 6. The molecule has 2 aromatic heterocycles. The molecule has 6 aromatic carbocycles. The van der Waals surface area contributed by atoms with Crippen LogP contribution in [0, 0.1) is 39.3 Å². The van der Waals surface area contributed by atoms with E-state index in [1.54, 1.807) is 0 Å². The van der Waals surface area contributed by atoms with Crippen molar-refractivity contribution in [3.8, 4) is 22.5 Å². The van der Waals surface area contributed by atoms with Gasteiger partial charge in [0.2, 0.25) is 0 Å². The van der Waals surface area contributed by atoms with E-state index in [2.05, 4.69) is 0 Å². The molecule has 0 amide bonds. The van der Waals surface area contributed by atoms with Gasteiger partial charge in [-0.15, -0.1) is 0 Å². The maximum atomic E-state index is 15.5. The lowest BCUT2D eigenvalue weighted by Crippen LogP contribution is -2.13. The average Bonchev–Trinajstić information content (AvgIpc) is 3.50. The van der Waals surface area contributed by atoms with Crippen LogP contribution in [0.4, 0.5) is 22.0 Å². The highest BCUT2D eigenvalue weighted by molar-refractivity contribution is 6.12. The first-order valence-electron chi connectivity index (χ1n) is 15.6. The van der Waals surface area contributed by atoms with E-state index >= 15 is 22.0 Å². The monoisotopic (exact) mass is 644 g/mol. The molecule has 0 radical (unpaired) electrons. The van der Waals surface area contributed by atoms with Gasteiger partial charge in [-0.1, -0.05) is 54.6 Å². The molecule has 0 aliphatic heterocycles. The molecule has 0 fully saturated rings. The fourth-order valence-corrected chi connectivity index (χ4v) is 7.13. The van der Waals surface area contributed by atoms with Gasteiger partial charge in [-0.05, 0) is 98.5 Å². The minimum Gasteiger partial charge on any atom is -0.307 e. The Hall–Kier alpha value is -5.43. The summed E-state index contributed by atoms with van der Waals surface area (Å²) in [5, 5.41) is 3.59. The van der Waals surface area contributed by atoms with Crippen molar-refractivity contribution in [1.29, 1.82) is 0 Å². The fraction of sp³-hybridized carbons (Fsp3) is 0.122. The van der Waals surface area contributed by atoms with Gasteiger partial charge in [0, 0.05) is 27.1 Å². The van der Waals surface area contributed by atoms with Crippen molar-refractivity contribution in [2.24, 2.45) is 0 Å². The van der Waals surface area contributed by atoms with Gasteiger partial charge in [0.05, 0.1) is 44.6 Å². The van der Waals surface area contributed by atoms with Crippen molar-refractivity contribution >= 4 is 43.6 Å². The van der Waals surface area contributed by atoms with Crippen LogP contribution in [0.3, 0.4) is 0 Å². The first-order chi connectivity index (χ1) is 22.9. The Morgan fingerprint density at radius 1 is 0.458 bits per heavy atom. The number of aromatic nitrogens is 2. The van der Waals surface area contributed by atoms with Gasteiger partial charge in [0.1, 0.15) is 11.6 Å². The molecule has 0 N–H and O–H groups in total. The maximum absolute atomic E-state index is 15.5. The molecule has 0 atom stereocenters. The van der Waals surface area contributed by atoms with Crippen LogP contribution >= 0.6 is 0 Å².